The molecule has 0 saturated heterocycles. The minimum atomic E-state index is -0.949. The Balaban J connectivity index is 2.53. The average molecular weight is 291 g/mol. The smallest absolute Gasteiger partial charge is 0.308 e. The molecule has 1 rings (SSSR count). The normalized spacial score (nSPS) is 12.2. The summed E-state index contributed by atoms with van der Waals surface area (Å²) in [6.45, 7) is 2.40. The van der Waals surface area contributed by atoms with Crippen molar-refractivity contribution >= 4 is 29.2 Å². The van der Waals surface area contributed by atoms with E-state index in [9.17, 15) is 9.90 Å². The molecule has 100 valence electrons. The number of hydrogen-bond donors (Lipinski definition) is 1. The lowest BCUT2D eigenvalue weighted by Gasteiger charge is -2.11. The van der Waals surface area contributed by atoms with E-state index in [4.69, 9.17) is 27.9 Å². The van der Waals surface area contributed by atoms with Crippen molar-refractivity contribution in [1.82, 2.24) is 0 Å². The molecule has 5 heteroatoms. The van der Waals surface area contributed by atoms with Gasteiger partial charge in [0.2, 0.25) is 0 Å². The number of carbonyl (C=O) groups is 1. The van der Waals surface area contributed by atoms with Crippen LogP contribution in [0.1, 0.15) is 37.9 Å². The molecule has 0 aromatic heterocycles. The SMILES string of the molecule is CCCCOC(=O)CC(O)c1cc(Cl)cc(Cl)c1. The van der Waals surface area contributed by atoms with Crippen molar-refractivity contribution in [3.63, 3.8) is 0 Å². The first-order chi connectivity index (χ1) is 8.52. The lowest BCUT2D eigenvalue weighted by atomic mass is 10.1. The van der Waals surface area contributed by atoms with Crippen LogP contribution < -0.4 is 0 Å². The van der Waals surface area contributed by atoms with Crippen LogP contribution in [-0.4, -0.2) is 17.7 Å². The third kappa shape index (κ3) is 5.25. The van der Waals surface area contributed by atoms with Gasteiger partial charge in [-0.3, -0.25) is 4.79 Å². The van der Waals surface area contributed by atoms with Crippen LogP contribution in [0.25, 0.3) is 0 Å². The van der Waals surface area contributed by atoms with Crippen molar-refractivity contribution in [1.29, 1.82) is 0 Å². The van der Waals surface area contributed by atoms with Gasteiger partial charge in [-0.2, -0.15) is 0 Å². The minimum absolute atomic E-state index is 0.0968. The summed E-state index contributed by atoms with van der Waals surface area (Å²) in [7, 11) is 0. The summed E-state index contributed by atoms with van der Waals surface area (Å²) in [4.78, 5) is 11.4. The fourth-order valence-electron chi connectivity index (χ4n) is 1.43. The number of unbranched alkanes of at least 4 members (excludes halogenated alkanes) is 1. The molecule has 0 spiro atoms. The zero-order chi connectivity index (χ0) is 13.5. The first-order valence-corrected chi connectivity index (χ1v) is 6.58. The van der Waals surface area contributed by atoms with Gasteiger partial charge in [0.1, 0.15) is 0 Å². The van der Waals surface area contributed by atoms with Gasteiger partial charge < -0.3 is 9.84 Å². The maximum atomic E-state index is 11.4. The maximum Gasteiger partial charge on any atom is 0.308 e. The summed E-state index contributed by atoms with van der Waals surface area (Å²) in [6.07, 6.45) is 0.737. The van der Waals surface area contributed by atoms with Crippen LogP contribution in [-0.2, 0) is 9.53 Å². The van der Waals surface area contributed by atoms with Crippen molar-refractivity contribution in [2.75, 3.05) is 6.61 Å². The molecule has 0 heterocycles. The second kappa shape index (κ2) is 7.62. The Morgan fingerprint density at radius 1 is 1.33 bits per heavy atom. The molecule has 18 heavy (non-hydrogen) atoms. The average Bonchev–Trinajstić information content (AvgIpc) is 2.28. The molecular formula is C13H16Cl2O3. The highest BCUT2D eigenvalue weighted by Gasteiger charge is 2.15. The number of hydrogen-bond acceptors (Lipinski definition) is 3. The molecule has 1 aromatic rings. The van der Waals surface area contributed by atoms with E-state index in [1.807, 2.05) is 6.92 Å². The number of carbonyl (C=O) groups excluding carboxylic acids is 1. The van der Waals surface area contributed by atoms with Crippen LogP contribution >= 0.6 is 23.2 Å². The summed E-state index contributed by atoms with van der Waals surface area (Å²) in [5.74, 6) is -0.424. The van der Waals surface area contributed by atoms with Gasteiger partial charge in [0, 0.05) is 10.0 Å². The van der Waals surface area contributed by atoms with Crippen molar-refractivity contribution in [3.05, 3.63) is 33.8 Å². The quantitative estimate of drug-likeness (QED) is 0.641. The highest BCUT2D eigenvalue weighted by molar-refractivity contribution is 6.34. The molecule has 0 aliphatic carbocycles. The molecule has 3 nitrogen and oxygen atoms in total. The highest BCUT2D eigenvalue weighted by Crippen LogP contribution is 2.25. The first kappa shape index (κ1) is 15.3. The van der Waals surface area contributed by atoms with Gasteiger partial charge in [-0.15, -0.1) is 0 Å². The molecule has 1 atom stereocenters. The fourth-order valence-corrected chi connectivity index (χ4v) is 1.98. The summed E-state index contributed by atoms with van der Waals surface area (Å²) >= 11 is 11.6. The molecule has 0 saturated carbocycles. The number of aliphatic hydroxyl groups is 1. The molecule has 0 aliphatic heterocycles. The monoisotopic (exact) mass is 290 g/mol. The predicted molar refractivity (Wildman–Crippen MR) is 71.9 cm³/mol. The second-order valence-electron chi connectivity index (χ2n) is 4.00. The van der Waals surface area contributed by atoms with E-state index in [0.717, 1.165) is 12.8 Å². The molecule has 0 amide bonds. The van der Waals surface area contributed by atoms with Crippen molar-refractivity contribution in [3.8, 4) is 0 Å². The van der Waals surface area contributed by atoms with Gasteiger partial charge in [-0.25, -0.2) is 0 Å². The number of ether oxygens (including phenoxy) is 1. The van der Waals surface area contributed by atoms with Crippen LogP contribution in [0.2, 0.25) is 10.0 Å². The maximum absolute atomic E-state index is 11.4. The lowest BCUT2D eigenvalue weighted by Crippen LogP contribution is -2.11. The van der Waals surface area contributed by atoms with Gasteiger partial charge in [-0.05, 0) is 30.2 Å². The Morgan fingerprint density at radius 3 is 2.50 bits per heavy atom. The minimum Gasteiger partial charge on any atom is -0.466 e. The second-order valence-corrected chi connectivity index (χ2v) is 4.87. The molecule has 1 N–H and O–H groups in total. The van der Waals surface area contributed by atoms with E-state index in [1.54, 1.807) is 18.2 Å². The third-order valence-corrected chi connectivity index (χ3v) is 2.83. The van der Waals surface area contributed by atoms with E-state index in [0.29, 0.717) is 22.2 Å². The van der Waals surface area contributed by atoms with E-state index < -0.39 is 12.1 Å². The van der Waals surface area contributed by atoms with Crippen LogP contribution in [0.15, 0.2) is 18.2 Å². The molecule has 0 fully saturated rings. The number of esters is 1. The zero-order valence-corrected chi connectivity index (χ0v) is 11.7. The molecule has 0 aliphatic rings. The largest absolute Gasteiger partial charge is 0.466 e. The molecule has 1 aromatic carbocycles. The fraction of sp³-hybridized carbons (Fsp3) is 0.462. The van der Waals surface area contributed by atoms with Crippen LogP contribution in [0.5, 0.6) is 0 Å². The van der Waals surface area contributed by atoms with Gasteiger partial charge in [0.05, 0.1) is 19.1 Å². The standard InChI is InChI=1S/C13H16Cl2O3/c1-2-3-4-18-13(17)8-12(16)9-5-10(14)7-11(15)6-9/h5-7,12,16H,2-4,8H2,1H3. The van der Waals surface area contributed by atoms with Gasteiger partial charge in [0.25, 0.3) is 0 Å². The molecular weight excluding hydrogens is 275 g/mol. The third-order valence-electron chi connectivity index (χ3n) is 2.39. The highest BCUT2D eigenvalue weighted by atomic mass is 35.5. The summed E-state index contributed by atoms with van der Waals surface area (Å²) < 4.78 is 4.97. The van der Waals surface area contributed by atoms with E-state index in [1.165, 1.54) is 0 Å². The Morgan fingerprint density at radius 2 is 1.94 bits per heavy atom. The molecule has 0 bridgehead atoms. The number of rotatable bonds is 6. The topological polar surface area (TPSA) is 46.5 Å². The Labute approximate surface area is 117 Å². The lowest BCUT2D eigenvalue weighted by molar-refractivity contribution is -0.146. The van der Waals surface area contributed by atoms with Gasteiger partial charge >= 0.3 is 5.97 Å². The van der Waals surface area contributed by atoms with Crippen molar-refractivity contribution in [2.24, 2.45) is 0 Å². The van der Waals surface area contributed by atoms with Crippen LogP contribution in [0.4, 0.5) is 0 Å². The first-order valence-electron chi connectivity index (χ1n) is 5.82. The van der Waals surface area contributed by atoms with Crippen molar-refractivity contribution in [2.45, 2.75) is 32.3 Å². The molecule has 0 radical (unpaired) electrons. The van der Waals surface area contributed by atoms with Gasteiger partial charge in [0.15, 0.2) is 0 Å². The Bertz CT molecular complexity index is 387. The van der Waals surface area contributed by atoms with Crippen LogP contribution in [0.3, 0.4) is 0 Å². The van der Waals surface area contributed by atoms with Gasteiger partial charge in [-0.1, -0.05) is 36.5 Å². The number of aliphatic hydroxyl groups excluding tert-OH is 1. The molecule has 1 unspecified atom stereocenters. The van der Waals surface area contributed by atoms with Crippen LogP contribution in [0, 0.1) is 0 Å². The number of benzene rings is 1. The Kier molecular flexibility index (Phi) is 6.47. The van der Waals surface area contributed by atoms with Crippen molar-refractivity contribution < 1.29 is 14.6 Å². The predicted octanol–water partition coefficient (Wildman–Crippen LogP) is 3.76. The summed E-state index contributed by atoms with van der Waals surface area (Å²) in [6, 6.07) is 4.73. The Hall–Kier alpha value is -0.770. The summed E-state index contributed by atoms with van der Waals surface area (Å²) in [5, 5.41) is 10.7. The van der Waals surface area contributed by atoms with E-state index in [-0.39, 0.29) is 6.42 Å². The zero-order valence-electron chi connectivity index (χ0n) is 10.2. The van der Waals surface area contributed by atoms with E-state index in [2.05, 4.69) is 0 Å². The number of halogens is 2. The summed E-state index contributed by atoms with van der Waals surface area (Å²) in [5.41, 5.74) is 0.514. The van der Waals surface area contributed by atoms with E-state index >= 15 is 0 Å².